The second kappa shape index (κ2) is 7.03. The Morgan fingerprint density at radius 2 is 2.00 bits per heavy atom. The zero-order valence-corrected chi connectivity index (χ0v) is 15.2. The highest BCUT2D eigenvalue weighted by molar-refractivity contribution is 5.92. The summed E-state index contributed by atoms with van der Waals surface area (Å²) in [5.74, 6) is 0.230. The number of nitrogens with one attached hydrogen (secondary N) is 1. The van der Waals surface area contributed by atoms with E-state index < -0.39 is 0 Å². The van der Waals surface area contributed by atoms with Gasteiger partial charge in [-0.25, -0.2) is 14.3 Å². The second-order valence-electron chi connectivity index (χ2n) is 6.42. The fourth-order valence-corrected chi connectivity index (χ4v) is 2.78. The van der Waals surface area contributed by atoms with E-state index in [0.29, 0.717) is 24.6 Å². The Bertz CT molecular complexity index is 1020. The van der Waals surface area contributed by atoms with Crippen LogP contribution in [-0.4, -0.2) is 41.6 Å². The monoisotopic (exact) mass is 355 g/mol. The van der Waals surface area contributed by atoms with Gasteiger partial charge in [0, 0.05) is 24.5 Å². The molecule has 3 aromatic rings. The van der Waals surface area contributed by atoms with E-state index in [-0.39, 0.29) is 23.2 Å². The number of amides is 1. The Morgan fingerprint density at radius 1 is 1.23 bits per heavy atom. The first-order chi connectivity index (χ1) is 12.4. The number of aromatic nitrogens is 6. The third-order valence-corrected chi connectivity index (χ3v) is 4.07. The molecule has 3 rings (SSSR count). The van der Waals surface area contributed by atoms with Crippen LogP contribution in [0.4, 0.5) is 0 Å². The van der Waals surface area contributed by atoms with Crippen molar-refractivity contribution >= 4 is 11.7 Å². The average Bonchev–Trinajstić information content (AvgIpc) is 3.04. The lowest BCUT2D eigenvalue weighted by Gasteiger charge is -2.12. The van der Waals surface area contributed by atoms with E-state index in [0.717, 1.165) is 11.4 Å². The molecule has 0 aliphatic rings. The molecule has 9 heteroatoms. The predicted octanol–water partition coefficient (Wildman–Crippen LogP) is 0.851. The summed E-state index contributed by atoms with van der Waals surface area (Å²) in [7, 11) is 0. The van der Waals surface area contributed by atoms with E-state index in [1.165, 1.54) is 10.9 Å². The molecule has 9 nitrogen and oxygen atoms in total. The summed E-state index contributed by atoms with van der Waals surface area (Å²) in [6.45, 7) is 8.27. The molecule has 0 spiro atoms. The van der Waals surface area contributed by atoms with Gasteiger partial charge in [-0.05, 0) is 31.9 Å². The van der Waals surface area contributed by atoms with Crippen molar-refractivity contribution in [2.24, 2.45) is 0 Å². The van der Waals surface area contributed by atoms with Crippen LogP contribution in [-0.2, 0) is 6.54 Å². The molecule has 0 aliphatic carbocycles. The number of aryl methyl sites for hydroxylation is 2. The summed E-state index contributed by atoms with van der Waals surface area (Å²) in [5.41, 5.74) is 2.30. The van der Waals surface area contributed by atoms with Crippen molar-refractivity contribution in [2.75, 3.05) is 6.54 Å². The van der Waals surface area contributed by atoms with Crippen LogP contribution < -0.4 is 11.0 Å². The van der Waals surface area contributed by atoms with Crippen LogP contribution in [0.15, 0.2) is 23.3 Å². The van der Waals surface area contributed by atoms with Crippen LogP contribution in [0, 0.1) is 13.8 Å². The highest BCUT2D eigenvalue weighted by atomic mass is 16.2. The van der Waals surface area contributed by atoms with Gasteiger partial charge >= 0.3 is 5.69 Å². The summed E-state index contributed by atoms with van der Waals surface area (Å²) < 4.78 is 3.16. The quantitative estimate of drug-likeness (QED) is 0.727. The van der Waals surface area contributed by atoms with E-state index in [2.05, 4.69) is 25.4 Å². The molecule has 0 saturated carbocycles. The predicted molar refractivity (Wildman–Crippen MR) is 95.2 cm³/mol. The van der Waals surface area contributed by atoms with Crippen LogP contribution in [0.25, 0.3) is 5.78 Å². The Kier molecular flexibility index (Phi) is 4.79. The van der Waals surface area contributed by atoms with E-state index in [4.69, 9.17) is 0 Å². The van der Waals surface area contributed by atoms with Crippen molar-refractivity contribution in [3.05, 3.63) is 51.7 Å². The van der Waals surface area contributed by atoms with Gasteiger partial charge in [0.25, 0.3) is 11.7 Å². The Hall–Kier alpha value is -3.10. The summed E-state index contributed by atoms with van der Waals surface area (Å²) >= 11 is 0. The van der Waals surface area contributed by atoms with Gasteiger partial charge in [0.2, 0.25) is 0 Å². The first-order valence-electron chi connectivity index (χ1n) is 8.40. The van der Waals surface area contributed by atoms with Crippen LogP contribution in [0.2, 0.25) is 0 Å². The van der Waals surface area contributed by atoms with Gasteiger partial charge < -0.3 is 5.32 Å². The van der Waals surface area contributed by atoms with Crippen LogP contribution in [0.5, 0.6) is 0 Å². The van der Waals surface area contributed by atoms with Crippen LogP contribution in [0.1, 0.15) is 47.3 Å². The van der Waals surface area contributed by atoms with E-state index >= 15 is 0 Å². The minimum atomic E-state index is -0.318. The summed E-state index contributed by atoms with van der Waals surface area (Å²) in [4.78, 5) is 36.6. The highest BCUT2D eigenvalue weighted by Gasteiger charge is 2.15. The smallest absolute Gasteiger partial charge is 0.348 e. The molecule has 0 aromatic carbocycles. The van der Waals surface area contributed by atoms with Crippen molar-refractivity contribution in [3.8, 4) is 0 Å². The maximum absolute atomic E-state index is 12.5. The second-order valence-corrected chi connectivity index (χ2v) is 6.42. The fourth-order valence-electron chi connectivity index (χ4n) is 2.78. The van der Waals surface area contributed by atoms with Crippen molar-refractivity contribution in [1.82, 2.24) is 34.4 Å². The van der Waals surface area contributed by atoms with Gasteiger partial charge in [0.05, 0.1) is 5.69 Å². The molecule has 1 N–H and O–H groups in total. The van der Waals surface area contributed by atoms with E-state index in [1.807, 2.05) is 26.8 Å². The third-order valence-electron chi connectivity index (χ3n) is 4.07. The molecule has 0 saturated heterocycles. The number of hydrogen-bond acceptors (Lipinski definition) is 6. The molecule has 3 heterocycles. The normalized spacial score (nSPS) is 11.3. The molecule has 136 valence electrons. The molecule has 0 radical (unpaired) electrons. The van der Waals surface area contributed by atoms with Crippen LogP contribution in [0.3, 0.4) is 0 Å². The Labute approximate surface area is 150 Å². The molecule has 3 aromatic heterocycles. The molecule has 0 bridgehead atoms. The lowest BCUT2D eigenvalue weighted by molar-refractivity contribution is 0.0947. The SMILES string of the molecule is Cc1cc(C)n(CCNC(=O)c2cc(C(C)C)n3ncnc3n2)c(=O)n1. The third kappa shape index (κ3) is 3.46. The molecule has 0 unspecified atom stereocenters. The molecule has 1 amide bonds. The maximum atomic E-state index is 12.5. The minimum Gasteiger partial charge on any atom is -0.349 e. The summed E-state index contributed by atoms with van der Waals surface area (Å²) in [5, 5.41) is 6.93. The number of carbonyl (C=O) groups is 1. The van der Waals surface area contributed by atoms with Gasteiger partial charge in [0.1, 0.15) is 12.0 Å². The zero-order valence-electron chi connectivity index (χ0n) is 15.2. The van der Waals surface area contributed by atoms with Crippen molar-refractivity contribution in [2.45, 2.75) is 40.2 Å². The molecular weight excluding hydrogens is 334 g/mol. The standard InChI is InChI=1S/C17H21N7O2/c1-10(2)14-8-13(22-16-19-9-20-24(14)16)15(25)18-5-6-23-12(4)7-11(3)21-17(23)26/h7-10H,5-6H2,1-4H3,(H,18,25). The van der Waals surface area contributed by atoms with Gasteiger partial charge in [-0.3, -0.25) is 9.36 Å². The first-order valence-corrected chi connectivity index (χ1v) is 8.40. The van der Waals surface area contributed by atoms with Crippen LogP contribution >= 0.6 is 0 Å². The van der Waals surface area contributed by atoms with E-state index in [9.17, 15) is 9.59 Å². The van der Waals surface area contributed by atoms with E-state index in [1.54, 1.807) is 17.5 Å². The molecule has 0 fully saturated rings. The topological polar surface area (TPSA) is 107 Å². The lowest BCUT2D eigenvalue weighted by Crippen LogP contribution is -2.33. The average molecular weight is 355 g/mol. The van der Waals surface area contributed by atoms with Crippen molar-refractivity contribution in [1.29, 1.82) is 0 Å². The zero-order chi connectivity index (χ0) is 18.8. The van der Waals surface area contributed by atoms with Crippen molar-refractivity contribution in [3.63, 3.8) is 0 Å². The van der Waals surface area contributed by atoms with Gasteiger partial charge in [-0.2, -0.15) is 15.1 Å². The van der Waals surface area contributed by atoms with Gasteiger partial charge in [-0.15, -0.1) is 0 Å². The van der Waals surface area contributed by atoms with Gasteiger partial charge in [-0.1, -0.05) is 13.8 Å². The molecule has 0 atom stereocenters. The number of nitrogens with zero attached hydrogens (tertiary/aromatic N) is 6. The summed E-state index contributed by atoms with van der Waals surface area (Å²) in [6.07, 6.45) is 1.41. The van der Waals surface area contributed by atoms with Crippen molar-refractivity contribution < 1.29 is 4.79 Å². The Morgan fingerprint density at radius 3 is 2.69 bits per heavy atom. The first kappa shape index (κ1) is 17.7. The largest absolute Gasteiger partial charge is 0.349 e. The number of rotatable bonds is 5. The number of carbonyl (C=O) groups excluding carboxylic acids is 1. The maximum Gasteiger partial charge on any atom is 0.348 e. The fraction of sp³-hybridized carbons (Fsp3) is 0.412. The lowest BCUT2D eigenvalue weighted by atomic mass is 10.1. The summed E-state index contributed by atoms with van der Waals surface area (Å²) in [6, 6.07) is 3.55. The highest BCUT2D eigenvalue weighted by Crippen LogP contribution is 2.15. The number of hydrogen-bond donors (Lipinski definition) is 1. The molecule has 0 aliphatic heterocycles. The number of fused-ring (bicyclic) bond motifs is 1. The Balaban J connectivity index is 1.75. The molecule has 26 heavy (non-hydrogen) atoms. The van der Waals surface area contributed by atoms with Gasteiger partial charge in [0.15, 0.2) is 0 Å². The molecular formula is C17H21N7O2. The minimum absolute atomic E-state index is 0.161.